The van der Waals surface area contributed by atoms with Crippen molar-refractivity contribution in [2.24, 2.45) is 0 Å². The summed E-state index contributed by atoms with van der Waals surface area (Å²) in [6, 6.07) is 23.5. The van der Waals surface area contributed by atoms with Gasteiger partial charge in [-0.3, -0.25) is 4.98 Å². The zero-order valence-corrected chi connectivity index (χ0v) is 18.2. The van der Waals surface area contributed by atoms with Gasteiger partial charge in [0, 0.05) is 11.8 Å². The molecular weight excluding hydrogens is 427 g/mol. The summed E-state index contributed by atoms with van der Waals surface area (Å²) in [6.07, 6.45) is -2.94. The fourth-order valence-electron chi connectivity index (χ4n) is 3.53. The van der Waals surface area contributed by atoms with Crippen molar-refractivity contribution in [2.45, 2.75) is 26.8 Å². The number of halogens is 3. The molecule has 0 aliphatic rings. The van der Waals surface area contributed by atoms with E-state index in [4.69, 9.17) is 4.74 Å². The average molecular weight is 449 g/mol. The van der Waals surface area contributed by atoms with Crippen LogP contribution in [0.2, 0.25) is 0 Å². The largest absolute Gasteiger partial charge is 0.573 e. The van der Waals surface area contributed by atoms with E-state index in [2.05, 4.69) is 15.8 Å². The molecule has 0 saturated carbocycles. The van der Waals surface area contributed by atoms with Gasteiger partial charge in [0.2, 0.25) is 0 Å². The zero-order valence-electron chi connectivity index (χ0n) is 18.2. The lowest BCUT2D eigenvalue weighted by Gasteiger charge is -2.14. The average Bonchev–Trinajstić information content (AvgIpc) is 2.79. The Balaban J connectivity index is 1.50. The van der Waals surface area contributed by atoms with Crippen LogP contribution in [0.3, 0.4) is 0 Å². The molecule has 0 bridgehead atoms. The molecule has 4 aromatic rings. The number of pyridine rings is 1. The molecule has 0 spiro atoms. The van der Waals surface area contributed by atoms with Gasteiger partial charge in [-0.1, -0.05) is 48.0 Å². The van der Waals surface area contributed by atoms with Crippen molar-refractivity contribution < 1.29 is 22.6 Å². The predicted octanol–water partition coefficient (Wildman–Crippen LogP) is 7.51. The number of ether oxygens (including phenoxy) is 2. The van der Waals surface area contributed by atoms with Gasteiger partial charge in [0.1, 0.15) is 18.1 Å². The van der Waals surface area contributed by atoms with Gasteiger partial charge in [-0.25, -0.2) is 0 Å². The molecule has 3 aromatic carbocycles. The number of alkyl halides is 3. The smallest absolute Gasteiger partial charge is 0.488 e. The lowest BCUT2D eigenvalue weighted by atomic mass is 10.00. The molecule has 0 aliphatic carbocycles. The Morgan fingerprint density at radius 3 is 2.24 bits per heavy atom. The third kappa shape index (κ3) is 5.71. The maximum Gasteiger partial charge on any atom is 0.573 e. The fourth-order valence-corrected chi connectivity index (χ4v) is 3.53. The maximum atomic E-state index is 12.4. The molecule has 0 amide bonds. The molecule has 0 fully saturated rings. The number of aryl methyl sites for hydroxylation is 2. The lowest BCUT2D eigenvalue weighted by Crippen LogP contribution is -2.16. The summed E-state index contributed by atoms with van der Waals surface area (Å²) in [5.74, 6) is 0.512. The first-order valence-electron chi connectivity index (χ1n) is 10.4. The van der Waals surface area contributed by atoms with Crippen molar-refractivity contribution in [3.63, 3.8) is 0 Å². The fraction of sp³-hybridized carbons (Fsp3) is 0.148. The summed E-state index contributed by atoms with van der Waals surface area (Å²) in [5, 5.41) is 0. The van der Waals surface area contributed by atoms with Crippen LogP contribution < -0.4 is 9.47 Å². The van der Waals surface area contributed by atoms with E-state index in [0.717, 1.165) is 44.8 Å². The summed E-state index contributed by atoms with van der Waals surface area (Å²) in [5.41, 5.74) is 6.65. The molecule has 0 radical (unpaired) electrons. The molecule has 33 heavy (non-hydrogen) atoms. The van der Waals surface area contributed by atoms with Crippen LogP contribution in [0.1, 0.15) is 16.7 Å². The van der Waals surface area contributed by atoms with Crippen LogP contribution in [0.25, 0.3) is 22.4 Å². The van der Waals surface area contributed by atoms with Crippen LogP contribution in [0, 0.1) is 13.8 Å². The molecular formula is C27H22F3NO2. The van der Waals surface area contributed by atoms with Gasteiger partial charge in [0.15, 0.2) is 0 Å². The summed E-state index contributed by atoms with van der Waals surface area (Å²) in [6.45, 7) is 4.40. The van der Waals surface area contributed by atoms with Gasteiger partial charge in [-0.05, 0) is 72.5 Å². The topological polar surface area (TPSA) is 31.4 Å². The number of aromatic nitrogens is 1. The molecule has 0 unspecified atom stereocenters. The Labute approximate surface area is 190 Å². The van der Waals surface area contributed by atoms with E-state index in [-0.39, 0.29) is 5.75 Å². The Morgan fingerprint density at radius 1 is 0.818 bits per heavy atom. The summed E-state index contributed by atoms with van der Waals surface area (Å²) in [4.78, 5) is 4.44. The second-order valence-corrected chi connectivity index (χ2v) is 7.72. The Hall–Kier alpha value is -3.80. The van der Waals surface area contributed by atoms with Crippen LogP contribution in [0.15, 0.2) is 85.1 Å². The second kappa shape index (κ2) is 9.36. The number of hydrogen-bond donors (Lipinski definition) is 0. The monoisotopic (exact) mass is 449 g/mol. The molecule has 1 aromatic heterocycles. The lowest BCUT2D eigenvalue weighted by molar-refractivity contribution is -0.274. The van der Waals surface area contributed by atoms with Gasteiger partial charge in [0.25, 0.3) is 0 Å². The third-order valence-corrected chi connectivity index (χ3v) is 5.22. The van der Waals surface area contributed by atoms with E-state index in [9.17, 15) is 13.2 Å². The Kier molecular flexibility index (Phi) is 6.36. The van der Waals surface area contributed by atoms with Crippen molar-refractivity contribution in [1.82, 2.24) is 4.98 Å². The highest BCUT2D eigenvalue weighted by Gasteiger charge is 2.30. The quantitative estimate of drug-likeness (QED) is 0.305. The van der Waals surface area contributed by atoms with Gasteiger partial charge in [-0.15, -0.1) is 13.2 Å². The molecule has 168 valence electrons. The Bertz CT molecular complexity index is 1240. The van der Waals surface area contributed by atoms with Gasteiger partial charge >= 0.3 is 6.36 Å². The molecule has 1 heterocycles. The standard InChI is InChI=1S/C27H22F3NO2/c1-18-6-13-26(24(15-18)25-5-3-4-14-31-25)32-17-22-8-7-21(16-19(22)2)20-9-11-23(12-10-20)33-27(28,29)30/h3-16H,17H2,1-2H3. The molecule has 0 atom stereocenters. The van der Waals surface area contributed by atoms with Crippen LogP contribution in [0.4, 0.5) is 13.2 Å². The minimum Gasteiger partial charge on any atom is -0.488 e. The highest BCUT2D eigenvalue weighted by Crippen LogP contribution is 2.31. The molecule has 0 N–H and O–H groups in total. The number of nitrogens with zero attached hydrogens (tertiary/aromatic N) is 1. The van der Waals surface area contributed by atoms with Crippen LogP contribution in [0.5, 0.6) is 11.5 Å². The molecule has 6 heteroatoms. The minimum atomic E-state index is -4.70. The number of rotatable bonds is 6. The zero-order chi connectivity index (χ0) is 23.4. The first-order valence-corrected chi connectivity index (χ1v) is 10.4. The van der Waals surface area contributed by atoms with E-state index in [0.29, 0.717) is 6.61 Å². The normalized spacial score (nSPS) is 11.3. The number of benzene rings is 3. The highest BCUT2D eigenvalue weighted by molar-refractivity contribution is 5.68. The first kappa shape index (κ1) is 22.4. The van der Waals surface area contributed by atoms with Gasteiger partial charge < -0.3 is 9.47 Å². The molecule has 3 nitrogen and oxygen atoms in total. The summed E-state index contributed by atoms with van der Waals surface area (Å²) in [7, 11) is 0. The Morgan fingerprint density at radius 2 is 1.58 bits per heavy atom. The first-order chi connectivity index (χ1) is 15.8. The van der Waals surface area contributed by atoms with Crippen molar-refractivity contribution in [1.29, 1.82) is 0 Å². The maximum absolute atomic E-state index is 12.4. The molecule has 0 saturated heterocycles. The van der Waals surface area contributed by atoms with Gasteiger partial charge in [-0.2, -0.15) is 0 Å². The van der Waals surface area contributed by atoms with E-state index in [1.54, 1.807) is 18.3 Å². The van der Waals surface area contributed by atoms with E-state index in [1.807, 2.05) is 62.4 Å². The SMILES string of the molecule is Cc1ccc(OCc2ccc(-c3ccc(OC(F)(F)F)cc3)cc2C)c(-c2ccccn2)c1. The van der Waals surface area contributed by atoms with Crippen LogP contribution in [-0.4, -0.2) is 11.3 Å². The van der Waals surface area contributed by atoms with E-state index >= 15 is 0 Å². The highest BCUT2D eigenvalue weighted by atomic mass is 19.4. The summed E-state index contributed by atoms with van der Waals surface area (Å²) < 4.78 is 47.2. The molecule has 4 rings (SSSR count). The number of hydrogen-bond acceptors (Lipinski definition) is 3. The van der Waals surface area contributed by atoms with E-state index < -0.39 is 6.36 Å². The van der Waals surface area contributed by atoms with Crippen molar-refractivity contribution in [3.8, 4) is 33.9 Å². The van der Waals surface area contributed by atoms with Crippen molar-refractivity contribution in [3.05, 3.63) is 102 Å². The summed E-state index contributed by atoms with van der Waals surface area (Å²) >= 11 is 0. The predicted molar refractivity (Wildman–Crippen MR) is 122 cm³/mol. The second-order valence-electron chi connectivity index (χ2n) is 7.72. The molecule has 0 aliphatic heterocycles. The van der Waals surface area contributed by atoms with Gasteiger partial charge in [0.05, 0.1) is 5.69 Å². The van der Waals surface area contributed by atoms with E-state index in [1.165, 1.54) is 12.1 Å². The van der Waals surface area contributed by atoms with Crippen molar-refractivity contribution in [2.75, 3.05) is 0 Å². The minimum absolute atomic E-state index is 0.241. The third-order valence-electron chi connectivity index (χ3n) is 5.22. The van der Waals surface area contributed by atoms with Crippen LogP contribution >= 0.6 is 0 Å². The van der Waals surface area contributed by atoms with Crippen LogP contribution in [-0.2, 0) is 6.61 Å². The van der Waals surface area contributed by atoms with Crippen molar-refractivity contribution >= 4 is 0 Å².